The third kappa shape index (κ3) is 4.89. The third-order valence-corrected chi connectivity index (χ3v) is 6.00. The van der Waals surface area contributed by atoms with E-state index in [2.05, 4.69) is 20.2 Å². The highest BCUT2D eigenvalue weighted by atomic mass is 35.5. The van der Waals surface area contributed by atoms with Gasteiger partial charge in [0.15, 0.2) is 11.6 Å². The molecule has 34 heavy (non-hydrogen) atoms. The number of ether oxygens (including phenoxy) is 1. The lowest BCUT2D eigenvalue weighted by Crippen LogP contribution is -1.99. The number of hydrogen-bond acceptors (Lipinski definition) is 8. The molecule has 4 rings (SSSR count). The van der Waals surface area contributed by atoms with Crippen LogP contribution in [0.2, 0.25) is 10.0 Å². The Hall–Kier alpha value is -3.46. The lowest BCUT2D eigenvalue weighted by molar-refractivity contribution is 0.437. The first-order valence-corrected chi connectivity index (χ1v) is 12.1. The van der Waals surface area contributed by atoms with Gasteiger partial charge in [0.2, 0.25) is 20.9 Å². The van der Waals surface area contributed by atoms with Gasteiger partial charge < -0.3 is 14.1 Å². The number of halogens is 3. The van der Waals surface area contributed by atoms with Gasteiger partial charge in [0.25, 0.3) is 5.89 Å². The number of aromatic amines is 1. The van der Waals surface area contributed by atoms with Gasteiger partial charge in [-0.1, -0.05) is 29.3 Å². The predicted octanol–water partition coefficient (Wildman–Crippen LogP) is 4.87. The number of H-pyrrole nitrogens is 1. The van der Waals surface area contributed by atoms with Gasteiger partial charge in [-0.3, -0.25) is 0 Å². The highest BCUT2D eigenvalue weighted by Gasteiger charge is 2.22. The van der Waals surface area contributed by atoms with Crippen LogP contribution in [0, 0.1) is 24.1 Å². The summed E-state index contributed by atoms with van der Waals surface area (Å²) in [6.45, 7) is 1.58. The summed E-state index contributed by atoms with van der Waals surface area (Å²) in [7, 11) is -3.56. The van der Waals surface area contributed by atoms with Crippen molar-refractivity contribution in [3.05, 3.63) is 68.9 Å². The van der Waals surface area contributed by atoms with Gasteiger partial charge in [-0.2, -0.15) is 5.26 Å². The van der Waals surface area contributed by atoms with Crippen LogP contribution in [-0.2, 0) is 16.3 Å². The molecule has 0 radical (unpaired) electrons. The average Bonchev–Trinajstić information content (AvgIpc) is 3.39. The normalized spacial score (nSPS) is 11.4. The second-order valence-electron chi connectivity index (χ2n) is 7.19. The summed E-state index contributed by atoms with van der Waals surface area (Å²) in [6.07, 6.45) is 0.916. The summed E-state index contributed by atoms with van der Waals surface area (Å²) in [5, 5.41) is 16.9. The maximum atomic E-state index is 15.2. The number of nitriles is 1. The van der Waals surface area contributed by atoms with Crippen LogP contribution in [0.3, 0.4) is 0 Å². The van der Waals surface area contributed by atoms with E-state index in [-0.39, 0.29) is 61.7 Å². The standard InChI is InChI=1S/C21H14Cl2FN5O4S/c1-10-18(27-21(26-10)34(2,30)31)20-29-28-16(33-20)7-12-3-4-15(23)19(17(12)24)32-14-6-11(9-25)5-13(22)8-14/h3-6,8H,7H2,1-2H3,(H,26,27). The molecule has 0 unspecified atom stereocenters. The van der Waals surface area contributed by atoms with Crippen molar-refractivity contribution in [3.8, 4) is 29.2 Å². The van der Waals surface area contributed by atoms with Crippen LogP contribution in [0.15, 0.2) is 39.9 Å². The predicted molar refractivity (Wildman–Crippen MR) is 120 cm³/mol. The fourth-order valence-corrected chi connectivity index (χ4v) is 4.01. The smallest absolute Gasteiger partial charge is 0.266 e. The molecule has 4 aromatic rings. The van der Waals surface area contributed by atoms with Crippen molar-refractivity contribution >= 4 is 33.0 Å². The van der Waals surface area contributed by atoms with Crippen LogP contribution in [0.25, 0.3) is 11.6 Å². The van der Waals surface area contributed by atoms with Gasteiger partial charge in [-0.15, -0.1) is 10.2 Å². The number of nitrogens with zero attached hydrogens (tertiary/aromatic N) is 4. The fourth-order valence-electron chi connectivity index (χ4n) is 3.01. The number of imidazole rings is 1. The molecule has 0 amide bonds. The highest BCUT2D eigenvalue weighted by molar-refractivity contribution is 7.90. The molecule has 0 fully saturated rings. The zero-order chi connectivity index (χ0) is 24.6. The lowest BCUT2D eigenvalue weighted by atomic mass is 10.1. The first-order valence-electron chi connectivity index (χ1n) is 9.50. The minimum Gasteiger partial charge on any atom is -0.453 e. The van der Waals surface area contributed by atoms with Crippen molar-refractivity contribution in [1.29, 1.82) is 5.26 Å². The Morgan fingerprint density at radius 2 is 2.00 bits per heavy atom. The van der Waals surface area contributed by atoms with E-state index < -0.39 is 15.7 Å². The molecule has 13 heteroatoms. The Kier molecular flexibility index (Phi) is 6.31. The summed E-state index contributed by atoms with van der Waals surface area (Å²) < 4.78 is 49.8. The minimum atomic E-state index is -3.56. The maximum Gasteiger partial charge on any atom is 0.266 e. The summed E-state index contributed by atoms with van der Waals surface area (Å²) >= 11 is 12.1. The number of aromatic nitrogens is 4. The van der Waals surface area contributed by atoms with Crippen molar-refractivity contribution < 1.29 is 22.0 Å². The highest BCUT2D eigenvalue weighted by Crippen LogP contribution is 2.36. The molecule has 174 valence electrons. The lowest BCUT2D eigenvalue weighted by Gasteiger charge is -2.11. The molecule has 0 saturated heterocycles. The molecule has 0 atom stereocenters. The van der Waals surface area contributed by atoms with E-state index in [4.69, 9.17) is 37.6 Å². The summed E-state index contributed by atoms with van der Waals surface area (Å²) in [5.74, 6) is -0.816. The van der Waals surface area contributed by atoms with E-state index in [1.807, 2.05) is 6.07 Å². The topological polar surface area (TPSA) is 135 Å². The van der Waals surface area contributed by atoms with Crippen LogP contribution in [-0.4, -0.2) is 34.8 Å². The summed E-state index contributed by atoms with van der Waals surface area (Å²) in [4.78, 5) is 6.60. The monoisotopic (exact) mass is 521 g/mol. The van der Waals surface area contributed by atoms with Gasteiger partial charge in [0, 0.05) is 16.8 Å². The van der Waals surface area contributed by atoms with Gasteiger partial charge in [-0.05, 0) is 31.2 Å². The summed E-state index contributed by atoms with van der Waals surface area (Å²) in [6, 6.07) is 9.09. The Bertz CT molecular complexity index is 1560. The number of sulfone groups is 1. The van der Waals surface area contributed by atoms with Crippen molar-refractivity contribution in [2.24, 2.45) is 0 Å². The molecule has 0 spiro atoms. The Morgan fingerprint density at radius 1 is 1.24 bits per heavy atom. The Labute approximate surface area is 203 Å². The van der Waals surface area contributed by atoms with Crippen LogP contribution in [0.4, 0.5) is 4.39 Å². The SMILES string of the molecule is Cc1nc(S(C)(=O)=O)[nH]c1-c1nnc(Cc2ccc(Cl)c(Oc3cc(Cl)cc(C#N)c3)c2F)o1. The largest absolute Gasteiger partial charge is 0.453 e. The van der Waals surface area contributed by atoms with E-state index in [1.165, 1.54) is 30.3 Å². The van der Waals surface area contributed by atoms with Crippen LogP contribution >= 0.6 is 23.2 Å². The quantitative estimate of drug-likeness (QED) is 0.379. The van der Waals surface area contributed by atoms with Crippen molar-refractivity contribution in [2.75, 3.05) is 6.26 Å². The maximum absolute atomic E-state index is 15.2. The number of aryl methyl sites for hydroxylation is 1. The van der Waals surface area contributed by atoms with Crippen molar-refractivity contribution in [2.45, 2.75) is 18.5 Å². The number of rotatable bonds is 6. The third-order valence-electron chi connectivity index (χ3n) is 4.59. The molecule has 1 N–H and O–H groups in total. The number of hydrogen-bond donors (Lipinski definition) is 1. The molecule has 0 bridgehead atoms. The van der Waals surface area contributed by atoms with Gasteiger partial charge in [0.05, 0.1) is 28.8 Å². The first-order chi connectivity index (χ1) is 16.0. The van der Waals surface area contributed by atoms with E-state index in [0.717, 1.165) is 6.26 Å². The van der Waals surface area contributed by atoms with Crippen molar-refractivity contribution in [1.82, 2.24) is 20.2 Å². The second-order valence-corrected chi connectivity index (χ2v) is 9.97. The molecule has 0 aliphatic carbocycles. The van der Waals surface area contributed by atoms with E-state index in [9.17, 15) is 8.42 Å². The molecule has 2 aromatic heterocycles. The number of nitrogens with one attached hydrogen (secondary N) is 1. The zero-order valence-corrected chi connectivity index (χ0v) is 19.9. The Morgan fingerprint density at radius 3 is 2.68 bits per heavy atom. The van der Waals surface area contributed by atoms with Crippen LogP contribution in [0.5, 0.6) is 11.5 Å². The van der Waals surface area contributed by atoms with E-state index >= 15 is 4.39 Å². The molecule has 9 nitrogen and oxygen atoms in total. The molecule has 2 heterocycles. The van der Waals surface area contributed by atoms with Gasteiger partial charge in [-0.25, -0.2) is 17.8 Å². The molecule has 0 saturated carbocycles. The van der Waals surface area contributed by atoms with Crippen LogP contribution < -0.4 is 4.74 Å². The first kappa shape index (κ1) is 23.7. The minimum absolute atomic E-state index is 0.00343. The molecule has 0 aliphatic rings. The van der Waals surface area contributed by atoms with Gasteiger partial charge >= 0.3 is 0 Å². The zero-order valence-electron chi connectivity index (χ0n) is 17.6. The van der Waals surface area contributed by atoms with E-state index in [1.54, 1.807) is 6.92 Å². The van der Waals surface area contributed by atoms with Crippen LogP contribution in [0.1, 0.15) is 22.7 Å². The van der Waals surface area contributed by atoms with E-state index in [0.29, 0.717) is 5.69 Å². The molecular formula is C21H14Cl2FN5O4S. The molecule has 2 aromatic carbocycles. The summed E-state index contributed by atoms with van der Waals surface area (Å²) in [5.41, 5.74) is 0.980. The molecule has 0 aliphatic heterocycles. The Balaban J connectivity index is 1.62. The fraction of sp³-hybridized carbons (Fsp3) is 0.143. The average molecular weight is 522 g/mol. The molecular weight excluding hydrogens is 508 g/mol. The number of benzene rings is 2. The van der Waals surface area contributed by atoms with Crippen molar-refractivity contribution in [3.63, 3.8) is 0 Å². The second kappa shape index (κ2) is 9.06. The van der Waals surface area contributed by atoms with Gasteiger partial charge in [0.1, 0.15) is 11.4 Å².